The van der Waals surface area contributed by atoms with Crippen molar-refractivity contribution < 1.29 is 0 Å². The van der Waals surface area contributed by atoms with Crippen LogP contribution in [-0.2, 0) is 6.42 Å². The van der Waals surface area contributed by atoms with Crippen LogP contribution >= 0.6 is 11.6 Å². The van der Waals surface area contributed by atoms with Crippen molar-refractivity contribution in [1.82, 2.24) is 5.32 Å². The smallest absolute Gasteiger partial charge is 0.0310 e. The third-order valence-electron chi connectivity index (χ3n) is 2.54. The third-order valence-corrected chi connectivity index (χ3v) is 2.68. The zero-order valence-electron chi connectivity index (χ0n) is 9.88. The van der Waals surface area contributed by atoms with Crippen LogP contribution in [0, 0.1) is 0 Å². The summed E-state index contributed by atoms with van der Waals surface area (Å²) in [5, 5.41) is 4.11. The van der Waals surface area contributed by atoms with E-state index in [9.17, 15) is 0 Å². The monoisotopic (exact) mass is 237 g/mol. The van der Waals surface area contributed by atoms with Crippen molar-refractivity contribution in [2.24, 2.45) is 0 Å². The molecule has 0 aliphatic rings. The molecule has 88 valence electrons. The minimum absolute atomic E-state index is 0.489. The molecule has 2 heteroatoms. The van der Waals surface area contributed by atoms with E-state index in [-0.39, 0.29) is 0 Å². The van der Waals surface area contributed by atoms with Gasteiger partial charge in [-0.15, -0.1) is 0 Å². The molecule has 0 saturated carbocycles. The van der Waals surface area contributed by atoms with Crippen LogP contribution in [0.3, 0.4) is 0 Å². The van der Waals surface area contributed by atoms with Gasteiger partial charge in [0.05, 0.1) is 0 Å². The van der Waals surface area contributed by atoms with Crippen LogP contribution in [0.1, 0.15) is 25.3 Å². The zero-order valence-corrected chi connectivity index (χ0v) is 10.6. The quantitative estimate of drug-likeness (QED) is 0.762. The Morgan fingerprint density at radius 1 is 1.38 bits per heavy atom. The second-order valence-corrected chi connectivity index (χ2v) is 4.61. The third kappa shape index (κ3) is 5.34. The van der Waals surface area contributed by atoms with Crippen LogP contribution < -0.4 is 5.32 Å². The summed E-state index contributed by atoms with van der Waals surface area (Å²) in [5.74, 6) is 0. The molecule has 1 atom stereocenters. The molecular weight excluding hydrogens is 218 g/mol. The fraction of sp³-hybridized carbons (Fsp3) is 0.429. The summed E-state index contributed by atoms with van der Waals surface area (Å²) < 4.78 is 0. The van der Waals surface area contributed by atoms with Gasteiger partial charge in [-0.1, -0.05) is 61.9 Å². The first-order valence-corrected chi connectivity index (χ1v) is 6.20. The van der Waals surface area contributed by atoms with Gasteiger partial charge in [-0.2, -0.15) is 0 Å². The van der Waals surface area contributed by atoms with Crippen LogP contribution in [0.5, 0.6) is 0 Å². The fourth-order valence-electron chi connectivity index (χ4n) is 1.78. The Balaban J connectivity index is 2.47. The predicted molar refractivity (Wildman–Crippen MR) is 71.8 cm³/mol. The van der Waals surface area contributed by atoms with Crippen molar-refractivity contribution in [3.8, 4) is 0 Å². The van der Waals surface area contributed by atoms with Gasteiger partial charge in [0.25, 0.3) is 0 Å². The van der Waals surface area contributed by atoms with Crippen LogP contribution in [0.25, 0.3) is 0 Å². The number of rotatable bonds is 7. The highest BCUT2D eigenvalue weighted by Crippen LogP contribution is 2.08. The lowest BCUT2D eigenvalue weighted by atomic mass is 10.0. The molecule has 0 aromatic heterocycles. The summed E-state index contributed by atoms with van der Waals surface area (Å²) in [5.41, 5.74) is 1.37. The van der Waals surface area contributed by atoms with Gasteiger partial charge in [0, 0.05) is 17.6 Å². The molecule has 1 rings (SSSR count). The van der Waals surface area contributed by atoms with E-state index in [4.69, 9.17) is 11.6 Å². The van der Waals surface area contributed by atoms with Gasteiger partial charge in [0.1, 0.15) is 0 Å². The predicted octanol–water partition coefficient (Wildman–Crippen LogP) is 3.74. The first kappa shape index (κ1) is 13.3. The van der Waals surface area contributed by atoms with E-state index in [2.05, 4.69) is 43.1 Å². The average molecular weight is 238 g/mol. The Morgan fingerprint density at radius 3 is 2.62 bits per heavy atom. The van der Waals surface area contributed by atoms with E-state index in [0.29, 0.717) is 17.6 Å². The summed E-state index contributed by atoms with van der Waals surface area (Å²) in [7, 11) is 0. The minimum atomic E-state index is 0.489. The molecule has 1 nitrogen and oxygen atoms in total. The van der Waals surface area contributed by atoms with E-state index >= 15 is 0 Å². The molecule has 0 aliphatic heterocycles. The summed E-state index contributed by atoms with van der Waals surface area (Å²) in [4.78, 5) is 0. The van der Waals surface area contributed by atoms with Gasteiger partial charge in [-0.3, -0.25) is 0 Å². The van der Waals surface area contributed by atoms with Crippen molar-refractivity contribution in [1.29, 1.82) is 0 Å². The van der Waals surface area contributed by atoms with E-state index in [1.165, 1.54) is 18.4 Å². The Bertz CT molecular complexity index is 308. The van der Waals surface area contributed by atoms with Crippen molar-refractivity contribution >= 4 is 11.6 Å². The summed E-state index contributed by atoms with van der Waals surface area (Å²) in [6.07, 6.45) is 3.40. The first-order chi connectivity index (χ1) is 7.72. The summed E-state index contributed by atoms with van der Waals surface area (Å²) in [6.45, 7) is 6.59. The molecule has 0 saturated heterocycles. The average Bonchev–Trinajstić information content (AvgIpc) is 2.27. The highest BCUT2D eigenvalue weighted by atomic mass is 35.5. The second kappa shape index (κ2) is 7.48. The zero-order chi connectivity index (χ0) is 11.8. The molecule has 0 aliphatic carbocycles. The number of hydrogen-bond donors (Lipinski definition) is 1. The number of benzene rings is 1. The van der Waals surface area contributed by atoms with E-state index in [1.807, 2.05) is 6.07 Å². The second-order valence-electron chi connectivity index (χ2n) is 4.07. The largest absolute Gasteiger partial charge is 0.309 e. The van der Waals surface area contributed by atoms with Gasteiger partial charge in [0.2, 0.25) is 0 Å². The molecule has 1 unspecified atom stereocenters. The summed E-state index contributed by atoms with van der Waals surface area (Å²) in [6, 6.07) is 11.0. The maximum absolute atomic E-state index is 5.77. The highest BCUT2D eigenvalue weighted by Gasteiger charge is 2.07. The molecule has 16 heavy (non-hydrogen) atoms. The van der Waals surface area contributed by atoms with Crippen molar-refractivity contribution in [3.63, 3.8) is 0 Å². The van der Waals surface area contributed by atoms with Crippen LogP contribution in [0.15, 0.2) is 41.9 Å². The van der Waals surface area contributed by atoms with Crippen molar-refractivity contribution in [2.75, 3.05) is 6.54 Å². The minimum Gasteiger partial charge on any atom is -0.309 e. The lowest BCUT2D eigenvalue weighted by molar-refractivity contribution is 0.494. The number of nitrogens with one attached hydrogen (secondary N) is 1. The molecule has 0 fully saturated rings. The van der Waals surface area contributed by atoms with Crippen LogP contribution in [-0.4, -0.2) is 12.6 Å². The molecule has 1 N–H and O–H groups in total. The van der Waals surface area contributed by atoms with E-state index in [0.717, 1.165) is 6.42 Å². The number of hydrogen-bond acceptors (Lipinski definition) is 1. The molecule has 0 bridgehead atoms. The van der Waals surface area contributed by atoms with Gasteiger partial charge >= 0.3 is 0 Å². The fourth-order valence-corrected chi connectivity index (χ4v) is 1.86. The SMILES string of the molecule is C=C(Cl)CNC(CCC)Cc1ccccc1. The molecule has 1 aromatic rings. The highest BCUT2D eigenvalue weighted by molar-refractivity contribution is 6.29. The lowest BCUT2D eigenvalue weighted by Gasteiger charge is -2.17. The van der Waals surface area contributed by atoms with Gasteiger partial charge in [0.15, 0.2) is 0 Å². The molecule has 0 amide bonds. The van der Waals surface area contributed by atoms with Gasteiger partial charge < -0.3 is 5.32 Å². The Morgan fingerprint density at radius 2 is 2.06 bits per heavy atom. The summed E-state index contributed by atoms with van der Waals surface area (Å²) >= 11 is 5.77. The van der Waals surface area contributed by atoms with Crippen molar-refractivity contribution in [2.45, 2.75) is 32.2 Å². The standard InChI is InChI=1S/C14H20ClN/c1-3-7-14(16-11-12(2)15)10-13-8-5-4-6-9-13/h4-6,8-9,14,16H,2-3,7,10-11H2,1H3. The van der Waals surface area contributed by atoms with E-state index in [1.54, 1.807) is 0 Å². The normalized spacial score (nSPS) is 12.4. The van der Waals surface area contributed by atoms with Crippen LogP contribution in [0.4, 0.5) is 0 Å². The molecule has 1 aromatic carbocycles. The Kier molecular flexibility index (Phi) is 6.20. The molecule has 0 heterocycles. The lowest BCUT2D eigenvalue weighted by Crippen LogP contribution is -2.31. The Hall–Kier alpha value is -0.790. The molecular formula is C14H20ClN. The first-order valence-electron chi connectivity index (χ1n) is 5.83. The van der Waals surface area contributed by atoms with E-state index < -0.39 is 0 Å². The van der Waals surface area contributed by atoms with Gasteiger partial charge in [-0.05, 0) is 18.4 Å². The van der Waals surface area contributed by atoms with Gasteiger partial charge in [-0.25, -0.2) is 0 Å². The number of halogens is 1. The molecule has 0 radical (unpaired) electrons. The molecule has 0 spiro atoms. The van der Waals surface area contributed by atoms with Crippen LogP contribution in [0.2, 0.25) is 0 Å². The maximum atomic E-state index is 5.77. The topological polar surface area (TPSA) is 12.0 Å². The Labute approximate surface area is 104 Å². The van der Waals surface area contributed by atoms with Crippen molar-refractivity contribution in [3.05, 3.63) is 47.5 Å². The maximum Gasteiger partial charge on any atom is 0.0310 e.